The summed E-state index contributed by atoms with van der Waals surface area (Å²) in [4.78, 5) is 14.3. The quantitative estimate of drug-likeness (QED) is 0.821. The van der Waals surface area contributed by atoms with Gasteiger partial charge < -0.3 is 15.0 Å². The van der Waals surface area contributed by atoms with E-state index in [4.69, 9.17) is 4.74 Å². The van der Waals surface area contributed by atoms with Gasteiger partial charge in [-0.1, -0.05) is 30.3 Å². The molecular formula is C19H26N4O2. The highest BCUT2D eigenvalue weighted by molar-refractivity contribution is 5.74. The van der Waals surface area contributed by atoms with Gasteiger partial charge in [0, 0.05) is 18.8 Å². The van der Waals surface area contributed by atoms with E-state index in [0.717, 1.165) is 29.8 Å². The highest BCUT2D eigenvalue weighted by atomic mass is 16.5. The number of hydrogen-bond acceptors (Lipinski definition) is 3. The zero-order chi connectivity index (χ0) is 17.6. The number of carbonyl (C=O) groups is 1. The molecule has 1 fully saturated rings. The lowest BCUT2D eigenvalue weighted by Gasteiger charge is -2.33. The van der Waals surface area contributed by atoms with Crippen molar-refractivity contribution in [3.05, 3.63) is 52.8 Å². The van der Waals surface area contributed by atoms with Gasteiger partial charge in [-0.25, -0.2) is 4.79 Å². The Labute approximate surface area is 148 Å². The van der Waals surface area contributed by atoms with Crippen LogP contribution in [0.2, 0.25) is 0 Å². The van der Waals surface area contributed by atoms with E-state index in [2.05, 4.69) is 15.5 Å². The SMILES string of the molecule is Cc1n[nH]c(C)c1CCCNC(=O)N1CCOC(c2ccccc2)C1. The molecule has 1 aromatic heterocycles. The lowest BCUT2D eigenvalue weighted by molar-refractivity contribution is -0.0154. The van der Waals surface area contributed by atoms with Crippen LogP contribution < -0.4 is 5.32 Å². The fourth-order valence-electron chi connectivity index (χ4n) is 3.22. The van der Waals surface area contributed by atoms with Gasteiger partial charge in [0.2, 0.25) is 0 Å². The summed E-state index contributed by atoms with van der Waals surface area (Å²) in [6, 6.07) is 10.1. The van der Waals surface area contributed by atoms with Gasteiger partial charge in [-0.15, -0.1) is 0 Å². The Morgan fingerprint density at radius 1 is 1.36 bits per heavy atom. The Kier molecular flexibility index (Phi) is 5.71. The maximum Gasteiger partial charge on any atom is 0.317 e. The smallest absolute Gasteiger partial charge is 0.317 e. The van der Waals surface area contributed by atoms with Crippen molar-refractivity contribution in [3.8, 4) is 0 Å². The van der Waals surface area contributed by atoms with Crippen LogP contribution >= 0.6 is 0 Å². The molecule has 6 nitrogen and oxygen atoms in total. The Morgan fingerprint density at radius 3 is 2.88 bits per heavy atom. The number of ether oxygens (including phenoxy) is 1. The zero-order valence-corrected chi connectivity index (χ0v) is 14.9. The molecule has 2 heterocycles. The number of nitrogens with one attached hydrogen (secondary N) is 2. The first kappa shape index (κ1) is 17.5. The normalized spacial score (nSPS) is 17.5. The summed E-state index contributed by atoms with van der Waals surface area (Å²) in [5.74, 6) is 0. The molecule has 0 aliphatic carbocycles. The maximum atomic E-state index is 12.4. The molecule has 1 aliphatic heterocycles. The second kappa shape index (κ2) is 8.16. The number of amides is 2. The summed E-state index contributed by atoms with van der Waals surface area (Å²) >= 11 is 0. The van der Waals surface area contributed by atoms with E-state index < -0.39 is 0 Å². The first-order chi connectivity index (χ1) is 12.1. The van der Waals surface area contributed by atoms with Crippen molar-refractivity contribution in [2.24, 2.45) is 0 Å². The van der Waals surface area contributed by atoms with Crippen LogP contribution in [0.3, 0.4) is 0 Å². The van der Waals surface area contributed by atoms with Crippen LogP contribution in [0.5, 0.6) is 0 Å². The molecule has 1 saturated heterocycles. The largest absolute Gasteiger partial charge is 0.370 e. The summed E-state index contributed by atoms with van der Waals surface area (Å²) in [5.41, 5.74) is 4.53. The van der Waals surface area contributed by atoms with E-state index >= 15 is 0 Å². The van der Waals surface area contributed by atoms with Crippen LogP contribution in [0.4, 0.5) is 4.79 Å². The van der Waals surface area contributed by atoms with Gasteiger partial charge in [0.25, 0.3) is 0 Å². The van der Waals surface area contributed by atoms with E-state index in [1.807, 2.05) is 49.1 Å². The third-order valence-electron chi connectivity index (χ3n) is 4.69. The topological polar surface area (TPSA) is 70.2 Å². The van der Waals surface area contributed by atoms with Crippen LogP contribution in [-0.2, 0) is 11.2 Å². The molecule has 0 bridgehead atoms. The number of nitrogens with zero attached hydrogens (tertiary/aromatic N) is 2. The molecule has 0 saturated carbocycles. The third kappa shape index (κ3) is 4.39. The molecule has 2 amide bonds. The average molecular weight is 342 g/mol. The summed E-state index contributed by atoms with van der Waals surface area (Å²) in [6.07, 6.45) is 1.78. The van der Waals surface area contributed by atoms with Gasteiger partial charge in [0.15, 0.2) is 0 Å². The lowest BCUT2D eigenvalue weighted by Crippen LogP contribution is -2.47. The molecule has 1 atom stereocenters. The summed E-state index contributed by atoms with van der Waals surface area (Å²) in [6.45, 7) is 6.50. The van der Waals surface area contributed by atoms with Crippen molar-refractivity contribution in [1.29, 1.82) is 0 Å². The molecule has 1 aliphatic rings. The van der Waals surface area contributed by atoms with Crippen LogP contribution in [0, 0.1) is 13.8 Å². The van der Waals surface area contributed by atoms with Gasteiger partial charge >= 0.3 is 6.03 Å². The molecule has 1 aromatic carbocycles. The molecule has 0 radical (unpaired) electrons. The van der Waals surface area contributed by atoms with Gasteiger partial charge in [0.1, 0.15) is 6.10 Å². The van der Waals surface area contributed by atoms with Crippen LogP contribution in [0.25, 0.3) is 0 Å². The molecule has 1 unspecified atom stereocenters. The minimum Gasteiger partial charge on any atom is -0.370 e. The minimum absolute atomic E-state index is 0.00938. The fourth-order valence-corrected chi connectivity index (χ4v) is 3.22. The van der Waals surface area contributed by atoms with Crippen molar-refractivity contribution >= 4 is 6.03 Å². The molecule has 0 spiro atoms. The Balaban J connectivity index is 1.45. The van der Waals surface area contributed by atoms with Crippen LogP contribution in [0.15, 0.2) is 30.3 Å². The lowest BCUT2D eigenvalue weighted by atomic mass is 10.1. The number of urea groups is 1. The number of hydrogen-bond donors (Lipinski definition) is 2. The molecular weight excluding hydrogens is 316 g/mol. The maximum absolute atomic E-state index is 12.4. The van der Waals surface area contributed by atoms with Crippen molar-refractivity contribution < 1.29 is 9.53 Å². The highest BCUT2D eigenvalue weighted by Gasteiger charge is 2.25. The number of aromatic nitrogens is 2. The highest BCUT2D eigenvalue weighted by Crippen LogP contribution is 2.21. The Hall–Kier alpha value is -2.34. The Bertz CT molecular complexity index is 679. The molecule has 2 aromatic rings. The third-order valence-corrected chi connectivity index (χ3v) is 4.69. The standard InChI is InChI=1S/C19H26N4O2/c1-14-17(15(2)22-21-14)9-6-10-20-19(24)23-11-12-25-18(13-23)16-7-4-3-5-8-16/h3-5,7-8,18H,6,9-13H2,1-2H3,(H,20,24)(H,21,22). The second-order valence-corrected chi connectivity index (χ2v) is 6.46. The molecule has 134 valence electrons. The Morgan fingerprint density at radius 2 is 2.16 bits per heavy atom. The van der Waals surface area contributed by atoms with Crippen molar-refractivity contribution in [1.82, 2.24) is 20.4 Å². The molecule has 2 N–H and O–H groups in total. The minimum atomic E-state index is -0.0445. The second-order valence-electron chi connectivity index (χ2n) is 6.46. The van der Waals surface area contributed by atoms with Crippen molar-refractivity contribution in [2.45, 2.75) is 32.8 Å². The molecule has 3 rings (SSSR count). The summed E-state index contributed by atoms with van der Waals surface area (Å²) < 4.78 is 5.81. The van der Waals surface area contributed by atoms with Gasteiger partial charge in [-0.05, 0) is 37.8 Å². The first-order valence-corrected chi connectivity index (χ1v) is 8.85. The van der Waals surface area contributed by atoms with E-state index in [-0.39, 0.29) is 12.1 Å². The average Bonchev–Trinajstić information content (AvgIpc) is 2.97. The molecule has 6 heteroatoms. The molecule has 25 heavy (non-hydrogen) atoms. The number of morpholine rings is 1. The predicted molar refractivity (Wildman–Crippen MR) is 96.5 cm³/mol. The zero-order valence-electron chi connectivity index (χ0n) is 14.9. The van der Waals surface area contributed by atoms with Crippen molar-refractivity contribution in [2.75, 3.05) is 26.2 Å². The first-order valence-electron chi connectivity index (χ1n) is 8.85. The van der Waals surface area contributed by atoms with E-state index in [1.165, 1.54) is 5.56 Å². The van der Waals surface area contributed by atoms with Gasteiger partial charge in [-0.2, -0.15) is 5.10 Å². The summed E-state index contributed by atoms with van der Waals surface area (Å²) in [7, 11) is 0. The van der Waals surface area contributed by atoms with E-state index in [0.29, 0.717) is 26.2 Å². The number of rotatable bonds is 5. The predicted octanol–water partition coefficient (Wildman–Crippen LogP) is 2.74. The fraction of sp³-hybridized carbons (Fsp3) is 0.474. The summed E-state index contributed by atoms with van der Waals surface area (Å²) in [5, 5.41) is 10.2. The van der Waals surface area contributed by atoms with Crippen LogP contribution in [0.1, 0.15) is 35.0 Å². The number of aromatic amines is 1. The number of aryl methyl sites for hydroxylation is 2. The van der Waals surface area contributed by atoms with Gasteiger partial charge in [0.05, 0.1) is 18.8 Å². The van der Waals surface area contributed by atoms with E-state index in [9.17, 15) is 4.79 Å². The van der Waals surface area contributed by atoms with Crippen molar-refractivity contribution in [3.63, 3.8) is 0 Å². The number of carbonyl (C=O) groups excluding carboxylic acids is 1. The number of H-pyrrole nitrogens is 1. The van der Waals surface area contributed by atoms with E-state index in [1.54, 1.807) is 0 Å². The monoisotopic (exact) mass is 342 g/mol. The van der Waals surface area contributed by atoms with Crippen LogP contribution in [-0.4, -0.2) is 47.4 Å². The number of benzene rings is 1. The van der Waals surface area contributed by atoms with Gasteiger partial charge in [-0.3, -0.25) is 5.10 Å².